The van der Waals surface area contributed by atoms with Crippen LogP contribution in [0.25, 0.3) is 0 Å². The van der Waals surface area contributed by atoms with Gasteiger partial charge in [0.15, 0.2) is 0 Å². The van der Waals surface area contributed by atoms with Crippen LogP contribution in [0.5, 0.6) is 0 Å². The van der Waals surface area contributed by atoms with Crippen LogP contribution >= 0.6 is 0 Å². The lowest BCUT2D eigenvalue weighted by atomic mass is 9.79. The van der Waals surface area contributed by atoms with E-state index in [0.29, 0.717) is 11.5 Å². The second-order valence-corrected chi connectivity index (χ2v) is 7.00. The molecule has 3 heteroatoms. The van der Waals surface area contributed by atoms with Gasteiger partial charge in [-0.25, -0.2) is 0 Å². The number of hydrogen-bond donors (Lipinski definition) is 1. The van der Waals surface area contributed by atoms with Gasteiger partial charge in [0.25, 0.3) is 0 Å². The Kier molecular flexibility index (Phi) is 5.67. The van der Waals surface area contributed by atoms with Crippen molar-refractivity contribution in [1.82, 2.24) is 10.2 Å². The summed E-state index contributed by atoms with van der Waals surface area (Å²) < 4.78 is 5.59. The van der Waals surface area contributed by atoms with Crippen molar-refractivity contribution < 1.29 is 4.74 Å². The highest BCUT2D eigenvalue weighted by molar-refractivity contribution is 4.89. The third-order valence-electron chi connectivity index (χ3n) is 4.97. The predicted octanol–water partition coefficient (Wildman–Crippen LogP) is 2.66. The molecule has 2 fully saturated rings. The van der Waals surface area contributed by atoms with Crippen molar-refractivity contribution in [2.24, 2.45) is 5.41 Å². The van der Waals surface area contributed by atoms with Gasteiger partial charge in [0.1, 0.15) is 0 Å². The Morgan fingerprint density at radius 1 is 1.21 bits per heavy atom. The quantitative estimate of drug-likeness (QED) is 0.801. The third-order valence-corrected chi connectivity index (χ3v) is 4.97. The molecule has 0 bridgehead atoms. The molecule has 1 heterocycles. The molecule has 1 saturated heterocycles. The molecule has 0 atom stereocenters. The normalized spacial score (nSPS) is 24.5. The summed E-state index contributed by atoms with van der Waals surface area (Å²) in [7, 11) is 2.34. The van der Waals surface area contributed by atoms with Crippen LogP contribution in [0.4, 0.5) is 0 Å². The summed E-state index contributed by atoms with van der Waals surface area (Å²) in [6, 6.07) is 1.41. The highest BCUT2D eigenvalue weighted by Gasteiger charge is 2.35. The number of ether oxygens (including phenoxy) is 1. The van der Waals surface area contributed by atoms with Gasteiger partial charge in [0, 0.05) is 38.4 Å². The first kappa shape index (κ1) is 15.3. The van der Waals surface area contributed by atoms with Crippen LogP contribution in [0.15, 0.2) is 0 Å². The van der Waals surface area contributed by atoms with Gasteiger partial charge in [-0.15, -0.1) is 0 Å². The first-order valence-electron chi connectivity index (χ1n) is 8.13. The van der Waals surface area contributed by atoms with E-state index in [-0.39, 0.29) is 0 Å². The van der Waals surface area contributed by atoms with Crippen molar-refractivity contribution in [3.63, 3.8) is 0 Å². The van der Waals surface area contributed by atoms with Crippen LogP contribution < -0.4 is 5.32 Å². The van der Waals surface area contributed by atoms with Crippen LogP contribution in [-0.2, 0) is 4.74 Å². The molecule has 2 rings (SSSR count). The Hall–Kier alpha value is -0.120. The Morgan fingerprint density at radius 2 is 1.84 bits per heavy atom. The standard InChI is InChI=1S/C16H32N2O/c1-14(2)17-12-16(8-10-19-11-9-16)13-18(3)15-6-4-5-7-15/h14-15,17H,4-13H2,1-3H3. The van der Waals surface area contributed by atoms with Crippen LogP contribution in [0.2, 0.25) is 0 Å². The van der Waals surface area contributed by atoms with Crippen molar-refractivity contribution >= 4 is 0 Å². The average molecular weight is 268 g/mol. The Bertz CT molecular complexity index is 255. The molecule has 0 aromatic rings. The summed E-state index contributed by atoms with van der Waals surface area (Å²) in [5.74, 6) is 0. The maximum absolute atomic E-state index is 5.59. The number of hydrogen-bond acceptors (Lipinski definition) is 3. The molecule has 1 aliphatic carbocycles. The van der Waals surface area contributed by atoms with E-state index in [0.717, 1.165) is 25.8 Å². The van der Waals surface area contributed by atoms with E-state index >= 15 is 0 Å². The molecule has 1 saturated carbocycles. The average Bonchev–Trinajstić information content (AvgIpc) is 2.92. The van der Waals surface area contributed by atoms with E-state index in [9.17, 15) is 0 Å². The number of nitrogens with zero attached hydrogens (tertiary/aromatic N) is 1. The Labute approximate surface area is 119 Å². The van der Waals surface area contributed by atoms with Crippen LogP contribution in [-0.4, -0.2) is 50.3 Å². The van der Waals surface area contributed by atoms with E-state index in [1.165, 1.54) is 45.1 Å². The molecule has 0 aromatic carbocycles. The van der Waals surface area contributed by atoms with E-state index in [4.69, 9.17) is 4.74 Å². The molecule has 1 aliphatic heterocycles. The molecule has 3 nitrogen and oxygen atoms in total. The minimum absolute atomic E-state index is 0.430. The zero-order valence-electron chi connectivity index (χ0n) is 13.1. The lowest BCUT2D eigenvalue weighted by Crippen LogP contribution is -2.49. The molecule has 0 radical (unpaired) electrons. The molecular weight excluding hydrogens is 236 g/mol. The summed E-state index contributed by atoms with van der Waals surface area (Å²) in [5.41, 5.74) is 0.430. The molecule has 19 heavy (non-hydrogen) atoms. The molecule has 0 spiro atoms. The van der Waals surface area contributed by atoms with E-state index in [2.05, 4.69) is 31.1 Å². The molecule has 1 N–H and O–H groups in total. The van der Waals surface area contributed by atoms with Crippen molar-refractivity contribution in [1.29, 1.82) is 0 Å². The van der Waals surface area contributed by atoms with Crippen LogP contribution in [0.3, 0.4) is 0 Å². The highest BCUT2D eigenvalue weighted by Crippen LogP contribution is 2.33. The maximum atomic E-state index is 5.59. The van der Waals surface area contributed by atoms with E-state index in [1.807, 2.05) is 0 Å². The molecule has 2 aliphatic rings. The van der Waals surface area contributed by atoms with Crippen molar-refractivity contribution in [3.05, 3.63) is 0 Å². The van der Waals surface area contributed by atoms with Crippen molar-refractivity contribution in [2.45, 2.75) is 64.5 Å². The van der Waals surface area contributed by atoms with Gasteiger partial charge in [-0.05, 0) is 38.1 Å². The second-order valence-electron chi connectivity index (χ2n) is 7.00. The fourth-order valence-electron chi connectivity index (χ4n) is 3.62. The summed E-state index contributed by atoms with van der Waals surface area (Å²) >= 11 is 0. The molecule has 112 valence electrons. The van der Waals surface area contributed by atoms with Crippen LogP contribution in [0.1, 0.15) is 52.4 Å². The van der Waals surface area contributed by atoms with E-state index in [1.54, 1.807) is 0 Å². The van der Waals surface area contributed by atoms with Gasteiger partial charge in [0.2, 0.25) is 0 Å². The monoisotopic (exact) mass is 268 g/mol. The minimum atomic E-state index is 0.430. The zero-order chi connectivity index (χ0) is 13.7. The van der Waals surface area contributed by atoms with Gasteiger partial charge in [-0.3, -0.25) is 0 Å². The molecular formula is C16H32N2O. The Morgan fingerprint density at radius 3 is 2.42 bits per heavy atom. The summed E-state index contributed by atoms with van der Waals surface area (Å²) in [5, 5.41) is 3.67. The first-order chi connectivity index (χ1) is 9.11. The zero-order valence-corrected chi connectivity index (χ0v) is 13.1. The van der Waals surface area contributed by atoms with Gasteiger partial charge in [0.05, 0.1) is 0 Å². The number of rotatable bonds is 6. The summed E-state index contributed by atoms with van der Waals surface area (Å²) in [6.07, 6.45) is 8.08. The lowest BCUT2D eigenvalue weighted by Gasteiger charge is -2.42. The largest absolute Gasteiger partial charge is 0.381 e. The topological polar surface area (TPSA) is 24.5 Å². The molecule has 0 unspecified atom stereocenters. The first-order valence-corrected chi connectivity index (χ1v) is 8.13. The lowest BCUT2D eigenvalue weighted by molar-refractivity contribution is -0.00714. The van der Waals surface area contributed by atoms with E-state index < -0.39 is 0 Å². The summed E-state index contributed by atoms with van der Waals surface area (Å²) in [4.78, 5) is 2.64. The summed E-state index contributed by atoms with van der Waals surface area (Å²) in [6.45, 7) is 8.75. The maximum Gasteiger partial charge on any atom is 0.0472 e. The third kappa shape index (κ3) is 4.44. The highest BCUT2D eigenvalue weighted by atomic mass is 16.5. The molecule has 0 aromatic heterocycles. The van der Waals surface area contributed by atoms with Gasteiger partial charge >= 0.3 is 0 Å². The van der Waals surface area contributed by atoms with Gasteiger partial charge in [-0.2, -0.15) is 0 Å². The SMILES string of the molecule is CC(C)NCC1(CN(C)C2CCCC2)CCOCC1. The minimum Gasteiger partial charge on any atom is -0.381 e. The van der Waals surface area contributed by atoms with Gasteiger partial charge < -0.3 is 15.0 Å². The fourth-order valence-corrected chi connectivity index (χ4v) is 3.62. The van der Waals surface area contributed by atoms with Crippen LogP contribution in [0, 0.1) is 5.41 Å². The second kappa shape index (κ2) is 7.05. The number of nitrogens with one attached hydrogen (secondary N) is 1. The predicted molar refractivity (Wildman–Crippen MR) is 80.5 cm³/mol. The Balaban J connectivity index is 1.91. The van der Waals surface area contributed by atoms with Crippen molar-refractivity contribution in [3.8, 4) is 0 Å². The van der Waals surface area contributed by atoms with Gasteiger partial charge in [-0.1, -0.05) is 26.7 Å². The smallest absolute Gasteiger partial charge is 0.0472 e. The van der Waals surface area contributed by atoms with Crippen molar-refractivity contribution in [2.75, 3.05) is 33.4 Å². The molecule has 0 amide bonds. The fraction of sp³-hybridized carbons (Fsp3) is 1.00.